The number of hydrogen-bond donors (Lipinski definition) is 3. The molecule has 4 heteroatoms. The van der Waals surface area contributed by atoms with E-state index in [-0.39, 0.29) is 12.1 Å². The maximum Gasteiger partial charge on any atom is 0.319 e. The van der Waals surface area contributed by atoms with Gasteiger partial charge in [0.1, 0.15) is 0 Å². The van der Waals surface area contributed by atoms with Crippen LogP contribution < -0.4 is 16.4 Å². The lowest BCUT2D eigenvalue weighted by Gasteiger charge is -2.12. The van der Waals surface area contributed by atoms with E-state index in [2.05, 4.69) is 10.6 Å². The van der Waals surface area contributed by atoms with Gasteiger partial charge in [0, 0.05) is 17.8 Å². The first-order chi connectivity index (χ1) is 10.1. The highest BCUT2D eigenvalue weighted by Crippen LogP contribution is 2.65. The number of benzene rings is 1. The molecular weight excluding hydrogens is 262 g/mol. The molecule has 0 aromatic heterocycles. The number of fused-ring (bicyclic) bond motifs is 5. The monoisotopic (exact) mass is 285 g/mol. The van der Waals surface area contributed by atoms with Crippen molar-refractivity contribution in [2.45, 2.75) is 38.3 Å². The molecule has 3 aliphatic carbocycles. The van der Waals surface area contributed by atoms with E-state index < -0.39 is 0 Å². The van der Waals surface area contributed by atoms with E-state index in [1.807, 2.05) is 31.2 Å². The number of hydrogen-bond acceptors (Lipinski definition) is 2. The van der Waals surface area contributed by atoms with Crippen LogP contribution in [-0.4, -0.2) is 12.1 Å². The number of nitrogens with one attached hydrogen (secondary N) is 2. The van der Waals surface area contributed by atoms with Crippen molar-refractivity contribution in [2.75, 3.05) is 5.32 Å². The van der Waals surface area contributed by atoms with Gasteiger partial charge in [-0.05, 0) is 67.6 Å². The SMILES string of the molecule is CC(N)c1ccc(NC(=O)NC2C3C4CCC(C4)C23)cc1. The summed E-state index contributed by atoms with van der Waals surface area (Å²) >= 11 is 0. The molecule has 0 radical (unpaired) electrons. The second-order valence-corrected chi connectivity index (χ2v) is 7.02. The molecule has 1 aromatic rings. The molecule has 2 amide bonds. The number of nitrogens with two attached hydrogens (primary N) is 1. The van der Waals surface area contributed by atoms with Gasteiger partial charge in [-0.15, -0.1) is 0 Å². The van der Waals surface area contributed by atoms with Crippen LogP contribution in [0.2, 0.25) is 0 Å². The molecule has 1 aromatic carbocycles. The Morgan fingerprint density at radius 2 is 1.81 bits per heavy atom. The smallest absolute Gasteiger partial charge is 0.319 e. The Labute approximate surface area is 125 Å². The fraction of sp³-hybridized carbons (Fsp3) is 0.588. The normalized spacial score (nSPS) is 37.0. The zero-order valence-corrected chi connectivity index (χ0v) is 12.4. The van der Waals surface area contributed by atoms with Crippen molar-refractivity contribution in [3.8, 4) is 0 Å². The Balaban J connectivity index is 1.32. The molecule has 0 heterocycles. The van der Waals surface area contributed by atoms with Crippen molar-refractivity contribution >= 4 is 11.7 Å². The summed E-state index contributed by atoms with van der Waals surface area (Å²) in [6.07, 6.45) is 4.17. The lowest BCUT2D eigenvalue weighted by atomic mass is 10.0. The molecule has 0 spiro atoms. The molecule has 112 valence electrons. The zero-order chi connectivity index (χ0) is 14.6. The van der Waals surface area contributed by atoms with Crippen LogP contribution in [0.25, 0.3) is 0 Å². The van der Waals surface area contributed by atoms with Gasteiger partial charge in [-0.1, -0.05) is 12.1 Å². The highest BCUT2D eigenvalue weighted by atomic mass is 16.2. The number of carbonyl (C=O) groups excluding carboxylic acids is 1. The summed E-state index contributed by atoms with van der Waals surface area (Å²) in [6.45, 7) is 1.95. The Hall–Kier alpha value is -1.55. The van der Waals surface area contributed by atoms with E-state index in [4.69, 9.17) is 5.73 Å². The molecule has 5 unspecified atom stereocenters. The van der Waals surface area contributed by atoms with E-state index in [0.29, 0.717) is 6.04 Å². The molecule has 4 nitrogen and oxygen atoms in total. The highest BCUT2D eigenvalue weighted by Gasteiger charge is 2.65. The molecule has 0 saturated heterocycles. The van der Waals surface area contributed by atoms with Crippen molar-refractivity contribution in [3.63, 3.8) is 0 Å². The Bertz CT molecular complexity index is 538. The fourth-order valence-electron chi connectivity index (χ4n) is 4.71. The second kappa shape index (κ2) is 4.73. The summed E-state index contributed by atoms with van der Waals surface area (Å²) < 4.78 is 0. The van der Waals surface area contributed by atoms with Crippen LogP contribution in [0.3, 0.4) is 0 Å². The zero-order valence-electron chi connectivity index (χ0n) is 12.4. The Kier molecular flexibility index (Phi) is 2.96. The van der Waals surface area contributed by atoms with Gasteiger partial charge < -0.3 is 16.4 Å². The topological polar surface area (TPSA) is 67.1 Å². The van der Waals surface area contributed by atoms with Gasteiger partial charge in [0.15, 0.2) is 0 Å². The number of amides is 2. The van der Waals surface area contributed by atoms with Crippen LogP contribution in [-0.2, 0) is 0 Å². The third-order valence-corrected chi connectivity index (χ3v) is 5.73. The quantitative estimate of drug-likeness (QED) is 0.799. The van der Waals surface area contributed by atoms with Gasteiger partial charge in [-0.3, -0.25) is 0 Å². The van der Waals surface area contributed by atoms with Crippen LogP contribution in [0.5, 0.6) is 0 Å². The third kappa shape index (κ3) is 2.22. The van der Waals surface area contributed by atoms with Crippen LogP contribution in [0.15, 0.2) is 24.3 Å². The van der Waals surface area contributed by atoms with Crippen molar-refractivity contribution < 1.29 is 4.79 Å². The molecule has 0 aliphatic heterocycles. The summed E-state index contributed by atoms with van der Waals surface area (Å²) in [5.41, 5.74) is 7.73. The fourth-order valence-corrected chi connectivity index (χ4v) is 4.71. The lowest BCUT2D eigenvalue weighted by Crippen LogP contribution is -2.33. The van der Waals surface area contributed by atoms with E-state index in [0.717, 1.165) is 34.9 Å². The van der Waals surface area contributed by atoms with E-state index >= 15 is 0 Å². The largest absolute Gasteiger partial charge is 0.335 e. The molecule has 3 fully saturated rings. The summed E-state index contributed by atoms with van der Waals surface area (Å²) in [7, 11) is 0. The van der Waals surface area contributed by atoms with Crippen LogP contribution in [0.4, 0.5) is 10.5 Å². The lowest BCUT2D eigenvalue weighted by molar-refractivity contribution is 0.249. The average molecular weight is 285 g/mol. The number of rotatable bonds is 3. The van der Waals surface area contributed by atoms with Gasteiger partial charge in [-0.25, -0.2) is 4.79 Å². The highest BCUT2D eigenvalue weighted by molar-refractivity contribution is 5.89. The standard InChI is InChI=1S/C17H23N3O/c1-9(18)10-4-6-13(7-5-10)19-17(21)20-16-14-11-2-3-12(8-11)15(14)16/h4-7,9,11-12,14-16H,2-3,8,18H2,1H3,(H2,19,20,21). The van der Waals surface area contributed by atoms with Gasteiger partial charge in [-0.2, -0.15) is 0 Å². The Morgan fingerprint density at radius 1 is 1.19 bits per heavy atom. The summed E-state index contributed by atoms with van der Waals surface area (Å²) in [6, 6.07) is 8.14. The molecule has 4 rings (SSSR count). The summed E-state index contributed by atoms with van der Waals surface area (Å²) in [4.78, 5) is 12.1. The number of carbonyl (C=O) groups is 1. The summed E-state index contributed by atoms with van der Waals surface area (Å²) in [5, 5.41) is 6.10. The van der Waals surface area contributed by atoms with E-state index in [9.17, 15) is 4.79 Å². The van der Waals surface area contributed by atoms with Crippen LogP contribution >= 0.6 is 0 Å². The van der Waals surface area contributed by atoms with Gasteiger partial charge in [0.25, 0.3) is 0 Å². The number of urea groups is 1. The predicted octanol–water partition coefficient (Wildman–Crippen LogP) is 2.87. The molecule has 21 heavy (non-hydrogen) atoms. The third-order valence-electron chi connectivity index (χ3n) is 5.73. The predicted molar refractivity (Wildman–Crippen MR) is 82.8 cm³/mol. The van der Waals surface area contributed by atoms with Crippen molar-refractivity contribution in [3.05, 3.63) is 29.8 Å². The van der Waals surface area contributed by atoms with E-state index in [1.54, 1.807) is 0 Å². The summed E-state index contributed by atoms with van der Waals surface area (Å²) in [5.74, 6) is 3.32. The van der Waals surface area contributed by atoms with Crippen molar-refractivity contribution in [1.82, 2.24) is 5.32 Å². The second-order valence-electron chi connectivity index (χ2n) is 7.02. The number of anilines is 1. The average Bonchev–Trinajstić information content (AvgIpc) is 2.84. The van der Waals surface area contributed by atoms with Crippen molar-refractivity contribution in [1.29, 1.82) is 0 Å². The van der Waals surface area contributed by atoms with Gasteiger partial charge in [0.05, 0.1) is 0 Å². The first-order valence-corrected chi connectivity index (χ1v) is 8.06. The molecule has 4 N–H and O–H groups in total. The maximum absolute atomic E-state index is 12.1. The Morgan fingerprint density at radius 3 is 2.38 bits per heavy atom. The minimum absolute atomic E-state index is 0.0224. The minimum atomic E-state index is -0.0673. The van der Waals surface area contributed by atoms with Crippen LogP contribution in [0.1, 0.15) is 37.8 Å². The molecule has 3 saturated carbocycles. The van der Waals surface area contributed by atoms with Gasteiger partial charge in [0.2, 0.25) is 0 Å². The van der Waals surface area contributed by atoms with Gasteiger partial charge >= 0.3 is 6.03 Å². The maximum atomic E-state index is 12.1. The molecule has 3 aliphatic rings. The minimum Gasteiger partial charge on any atom is -0.335 e. The van der Waals surface area contributed by atoms with Crippen molar-refractivity contribution in [2.24, 2.45) is 29.4 Å². The molecule has 5 atom stereocenters. The first-order valence-electron chi connectivity index (χ1n) is 8.06. The van der Waals surface area contributed by atoms with Crippen LogP contribution in [0, 0.1) is 23.7 Å². The molecule has 2 bridgehead atoms. The first kappa shape index (κ1) is 13.1. The molecular formula is C17H23N3O. The van der Waals surface area contributed by atoms with E-state index in [1.165, 1.54) is 19.3 Å².